The minimum absolute atomic E-state index is 0.249. The average Bonchev–Trinajstić information content (AvgIpc) is 2.98. The minimum atomic E-state index is -1.12. The van der Waals surface area contributed by atoms with Gasteiger partial charge in [0.2, 0.25) is 0 Å². The third-order valence-corrected chi connectivity index (χ3v) is 7.87. The molecule has 6 heteroatoms. The Kier molecular flexibility index (Phi) is 9.80. The van der Waals surface area contributed by atoms with Gasteiger partial charge in [-0.05, 0) is 29.5 Å². The molecule has 3 aromatic rings. The van der Waals surface area contributed by atoms with Crippen LogP contribution in [0.4, 0.5) is 0 Å². The molecule has 0 aromatic heterocycles. The van der Waals surface area contributed by atoms with Gasteiger partial charge in [0.1, 0.15) is 30.5 Å². The van der Waals surface area contributed by atoms with Crippen molar-refractivity contribution in [1.82, 2.24) is 0 Å². The van der Waals surface area contributed by atoms with Crippen LogP contribution >= 0.6 is 0 Å². The molecule has 1 saturated carbocycles. The van der Waals surface area contributed by atoms with Crippen molar-refractivity contribution < 1.29 is 29.2 Å². The highest BCUT2D eigenvalue weighted by Gasteiger charge is 2.54. The number of ether oxygens (including phenoxy) is 4. The fourth-order valence-corrected chi connectivity index (χ4v) is 5.75. The van der Waals surface area contributed by atoms with Gasteiger partial charge in [-0.15, -0.1) is 0 Å². The maximum Gasteiger partial charge on any atom is 0.115 e. The third-order valence-electron chi connectivity index (χ3n) is 7.87. The lowest BCUT2D eigenvalue weighted by atomic mass is 9.76. The summed E-state index contributed by atoms with van der Waals surface area (Å²) >= 11 is 0. The molecule has 1 saturated heterocycles. The van der Waals surface area contributed by atoms with Gasteiger partial charge < -0.3 is 29.2 Å². The Morgan fingerprint density at radius 2 is 1.15 bits per heavy atom. The Morgan fingerprint density at radius 3 is 1.69 bits per heavy atom. The lowest BCUT2D eigenvalue weighted by molar-refractivity contribution is -0.295. The van der Waals surface area contributed by atoms with E-state index >= 15 is 0 Å². The number of aliphatic hydroxyl groups excluding tert-OH is 1. The fraction of sp³-hybridized carbons (Fsp3) is 0.455. The summed E-state index contributed by atoms with van der Waals surface area (Å²) in [5.41, 5.74) is 1.97. The summed E-state index contributed by atoms with van der Waals surface area (Å²) in [7, 11) is 0. The van der Waals surface area contributed by atoms with E-state index in [-0.39, 0.29) is 6.61 Å². The lowest BCUT2D eigenvalue weighted by Gasteiger charge is -2.50. The topological polar surface area (TPSA) is 77.4 Å². The maximum atomic E-state index is 11.7. The van der Waals surface area contributed by atoms with Crippen molar-refractivity contribution in [2.24, 2.45) is 0 Å². The molecule has 39 heavy (non-hydrogen) atoms. The Morgan fingerprint density at radius 1 is 0.667 bits per heavy atom. The summed E-state index contributed by atoms with van der Waals surface area (Å²) in [6.07, 6.45) is 0.392. The molecule has 1 aliphatic carbocycles. The minimum Gasteiger partial charge on any atom is -0.387 e. The Balaban J connectivity index is 1.39. The number of rotatable bonds is 11. The largest absolute Gasteiger partial charge is 0.387 e. The standard InChI is InChI=1S/C33H40O6/c34-29-31(38-23-27-17-9-3-10-18-27)30(37-22-26-15-7-2-8-16-26)28(24-36-21-25-13-5-1-6-14-25)39-32(29)33(35)19-11-4-12-20-33/h1-3,5-10,13-18,28-32,34-35H,4,11-12,19-24H2/t28-,29-,30+,31-,32-/m1/s1. The molecule has 5 atom stereocenters. The highest BCUT2D eigenvalue weighted by Crippen LogP contribution is 2.39. The number of hydrogen-bond acceptors (Lipinski definition) is 6. The Hall–Kier alpha value is -2.58. The van der Waals surface area contributed by atoms with Crippen molar-refractivity contribution in [3.05, 3.63) is 108 Å². The van der Waals surface area contributed by atoms with Crippen molar-refractivity contribution in [1.29, 1.82) is 0 Å². The summed E-state index contributed by atoms with van der Waals surface area (Å²) in [5, 5.41) is 23.3. The first kappa shape index (κ1) is 28.0. The van der Waals surface area contributed by atoms with E-state index in [2.05, 4.69) is 0 Å². The zero-order valence-electron chi connectivity index (χ0n) is 22.4. The summed E-state index contributed by atoms with van der Waals surface area (Å²) in [6.45, 7) is 1.34. The highest BCUT2D eigenvalue weighted by molar-refractivity contribution is 5.16. The first-order chi connectivity index (χ1) is 19.1. The van der Waals surface area contributed by atoms with Crippen molar-refractivity contribution >= 4 is 0 Å². The normalized spacial score (nSPS) is 26.8. The van der Waals surface area contributed by atoms with Gasteiger partial charge in [-0.1, -0.05) is 110 Å². The number of benzene rings is 3. The third kappa shape index (κ3) is 7.34. The predicted octanol–water partition coefficient (Wildman–Crippen LogP) is 5.20. The molecule has 3 aromatic carbocycles. The second kappa shape index (κ2) is 13.7. The van der Waals surface area contributed by atoms with E-state index in [9.17, 15) is 10.2 Å². The van der Waals surface area contributed by atoms with Crippen LogP contribution < -0.4 is 0 Å². The predicted molar refractivity (Wildman–Crippen MR) is 149 cm³/mol. The molecule has 0 radical (unpaired) electrons. The molecule has 1 heterocycles. The second-order valence-electron chi connectivity index (χ2n) is 10.8. The van der Waals surface area contributed by atoms with E-state index in [0.717, 1.165) is 36.0 Å². The first-order valence-electron chi connectivity index (χ1n) is 14.1. The SMILES string of the molecule is O[C@@H]1[C@@H](OCc2ccccc2)[C@@H](OCc2ccccc2)[C@@H](COCc2ccccc2)O[C@H]1C1(O)CCCCC1. The van der Waals surface area contributed by atoms with Crippen LogP contribution in [0, 0.1) is 0 Å². The quantitative estimate of drug-likeness (QED) is 0.354. The van der Waals surface area contributed by atoms with E-state index in [1.807, 2.05) is 91.0 Å². The van der Waals surface area contributed by atoms with Crippen molar-refractivity contribution in [3.63, 3.8) is 0 Å². The summed E-state index contributed by atoms with van der Waals surface area (Å²) in [5.74, 6) is 0. The Labute approximate surface area is 231 Å². The van der Waals surface area contributed by atoms with Gasteiger partial charge in [0.25, 0.3) is 0 Å². The van der Waals surface area contributed by atoms with Crippen LogP contribution in [0.25, 0.3) is 0 Å². The van der Waals surface area contributed by atoms with Gasteiger partial charge in [-0.25, -0.2) is 0 Å². The lowest BCUT2D eigenvalue weighted by Crippen LogP contribution is -2.66. The number of hydrogen-bond donors (Lipinski definition) is 2. The van der Waals surface area contributed by atoms with Gasteiger partial charge in [0, 0.05) is 0 Å². The molecule has 1 aliphatic heterocycles. The maximum absolute atomic E-state index is 11.7. The molecule has 208 valence electrons. The van der Waals surface area contributed by atoms with Gasteiger partial charge in [0.15, 0.2) is 0 Å². The smallest absolute Gasteiger partial charge is 0.115 e. The van der Waals surface area contributed by atoms with E-state index in [1.54, 1.807) is 0 Å². The molecule has 5 rings (SSSR count). The molecule has 0 bridgehead atoms. The van der Waals surface area contributed by atoms with Gasteiger partial charge in [-0.2, -0.15) is 0 Å². The second-order valence-corrected chi connectivity index (χ2v) is 10.8. The van der Waals surface area contributed by atoms with E-state index in [0.29, 0.717) is 32.7 Å². The molecule has 2 aliphatic rings. The van der Waals surface area contributed by atoms with Crippen LogP contribution in [0.15, 0.2) is 91.0 Å². The summed E-state index contributed by atoms with van der Waals surface area (Å²) in [6, 6.07) is 29.8. The van der Waals surface area contributed by atoms with Gasteiger partial charge in [-0.3, -0.25) is 0 Å². The molecular weight excluding hydrogens is 492 g/mol. The van der Waals surface area contributed by atoms with Crippen LogP contribution in [0.3, 0.4) is 0 Å². The summed E-state index contributed by atoms with van der Waals surface area (Å²) < 4.78 is 25.5. The van der Waals surface area contributed by atoms with Crippen molar-refractivity contribution in [2.75, 3.05) is 6.61 Å². The molecule has 0 spiro atoms. The van der Waals surface area contributed by atoms with Gasteiger partial charge in [0.05, 0.1) is 32.0 Å². The monoisotopic (exact) mass is 532 g/mol. The molecule has 2 fully saturated rings. The van der Waals surface area contributed by atoms with E-state index in [1.165, 1.54) is 0 Å². The molecule has 6 nitrogen and oxygen atoms in total. The molecular formula is C33H40O6. The molecule has 0 amide bonds. The molecule has 0 unspecified atom stereocenters. The molecule has 2 N–H and O–H groups in total. The highest BCUT2D eigenvalue weighted by atomic mass is 16.6. The van der Waals surface area contributed by atoms with Crippen LogP contribution in [0.2, 0.25) is 0 Å². The summed E-state index contributed by atoms with van der Waals surface area (Å²) in [4.78, 5) is 0. The number of aliphatic hydroxyl groups is 2. The Bertz CT molecular complexity index is 1100. The van der Waals surface area contributed by atoms with Crippen LogP contribution in [0.1, 0.15) is 48.8 Å². The van der Waals surface area contributed by atoms with Gasteiger partial charge >= 0.3 is 0 Å². The van der Waals surface area contributed by atoms with Crippen LogP contribution in [-0.4, -0.2) is 52.9 Å². The van der Waals surface area contributed by atoms with Crippen molar-refractivity contribution in [3.8, 4) is 0 Å². The van der Waals surface area contributed by atoms with Crippen molar-refractivity contribution in [2.45, 2.75) is 88.0 Å². The zero-order valence-corrected chi connectivity index (χ0v) is 22.4. The van der Waals surface area contributed by atoms with Crippen LogP contribution in [0.5, 0.6) is 0 Å². The van der Waals surface area contributed by atoms with E-state index < -0.39 is 36.1 Å². The first-order valence-corrected chi connectivity index (χ1v) is 14.1. The van der Waals surface area contributed by atoms with Crippen LogP contribution in [-0.2, 0) is 38.8 Å². The zero-order chi connectivity index (χ0) is 26.9. The average molecular weight is 533 g/mol. The fourth-order valence-electron chi connectivity index (χ4n) is 5.75. The van der Waals surface area contributed by atoms with E-state index in [4.69, 9.17) is 18.9 Å².